The molecule has 0 radical (unpaired) electrons. The van der Waals surface area contributed by atoms with Gasteiger partial charge in [-0.05, 0) is 34.8 Å². The van der Waals surface area contributed by atoms with E-state index in [2.05, 4.69) is 33.8 Å². The van der Waals surface area contributed by atoms with Gasteiger partial charge in [-0.1, -0.05) is 12.1 Å². The number of hydrogen-bond donors (Lipinski definition) is 1. The average molecular weight is 229 g/mol. The summed E-state index contributed by atoms with van der Waals surface area (Å²) in [6.07, 6.45) is 1.86. The van der Waals surface area contributed by atoms with Gasteiger partial charge < -0.3 is 0 Å². The fourth-order valence-electron chi connectivity index (χ4n) is 0.997. The molecular formula is C7H5BrN2S. The van der Waals surface area contributed by atoms with Crippen molar-refractivity contribution in [3.8, 4) is 0 Å². The Morgan fingerprint density at radius 2 is 2.27 bits per heavy atom. The first kappa shape index (κ1) is 7.18. The van der Waals surface area contributed by atoms with E-state index in [1.165, 1.54) is 4.09 Å². The Balaban J connectivity index is 2.90. The number of fused-ring (bicyclic) bond motifs is 1. The van der Waals surface area contributed by atoms with E-state index in [0.29, 0.717) is 0 Å². The summed E-state index contributed by atoms with van der Waals surface area (Å²) >= 11 is 7.48. The van der Waals surface area contributed by atoms with E-state index in [-0.39, 0.29) is 0 Å². The van der Waals surface area contributed by atoms with E-state index in [1.54, 1.807) is 0 Å². The van der Waals surface area contributed by atoms with Crippen LogP contribution in [-0.4, -0.2) is 9.19 Å². The molecule has 56 valence electrons. The van der Waals surface area contributed by atoms with E-state index in [4.69, 9.17) is 0 Å². The highest BCUT2D eigenvalue weighted by Gasteiger charge is 2.00. The zero-order valence-corrected chi connectivity index (χ0v) is 8.01. The molecule has 0 saturated heterocycles. The Morgan fingerprint density at radius 1 is 1.45 bits per heavy atom. The van der Waals surface area contributed by atoms with E-state index in [9.17, 15) is 0 Å². The Hall–Kier alpha value is -0.480. The monoisotopic (exact) mass is 228 g/mol. The Morgan fingerprint density at radius 3 is 3.00 bits per heavy atom. The van der Waals surface area contributed by atoms with Gasteiger partial charge in [-0.25, -0.2) is 4.09 Å². The topological polar surface area (TPSA) is 17.8 Å². The summed E-state index contributed by atoms with van der Waals surface area (Å²) in [5.41, 5.74) is 0.947. The highest BCUT2D eigenvalue weighted by Crippen LogP contribution is 2.21. The van der Waals surface area contributed by atoms with Crippen LogP contribution in [0.2, 0.25) is 0 Å². The third-order valence-electron chi connectivity index (χ3n) is 1.48. The maximum atomic E-state index is 4.15. The van der Waals surface area contributed by atoms with E-state index in [1.807, 2.05) is 24.4 Å². The maximum Gasteiger partial charge on any atom is 0.108 e. The summed E-state index contributed by atoms with van der Waals surface area (Å²) in [7, 11) is 0. The van der Waals surface area contributed by atoms with Gasteiger partial charge in [0.05, 0.1) is 0 Å². The minimum absolute atomic E-state index is 0.947. The number of hydrogen-bond acceptors (Lipinski definition) is 2. The number of aromatic nitrogens is 2. The van der Waals surface area contributed by atoms with Crippen LogP contribution in [-0.2, 0) is 0 Å². The number of nitrogens with zero attached hydrogens (tertiary/aromatic N) is 2. The van der Waals surface area contributed by atoms with Crippen LogP contribution in [0.25, 0.3) is 10.9 Å². The summed E-state index contributed by atoms with van der Waals surface area (Å²) in [4.78, 5) is 0. The van der Waals surface area contributed by atoms with Crippen molar-refractivity contribution in [3.05, 3.63) is 28.9 Å². The lowest BCUT2D eigenvalue weighted by atomic mass is 10.3. The van der Waals surface area contributed by atoms with Gasteiger partial charge >= 0.3 is 0 Å². The smallest absolute Gasteiger partial charge is 0.108 e. The molecule has 1 aromatic heterocycles. The summed E-state index contributed by atoms with van der Waals surface area (Å²) in [6, 6.07) is 5.94. The number of halogens is 1. The minimum atomic E-state index is 0.947. The number of benzene rings is 1. The predicted molar refractivity (Wildman–Crippen MR) is 51.8 cm³/mol. The van der Waals surface area contributed by atoms with Crippen LogP contribution in [0.15, 0.2) is 28.9 Å². The van der Waals surface area contributed by atoms with Crippen LogP contribution in [0.5, 0.6) is 0 Å². The highest BCUT2D eigenvalue weighted by atomic mass is 79.9. The number of rotatable bonds is 0. The SMILES string of the molecule is Sn1cc2cccc(Br)c2n1. The van der Waals surface area contributed by atoms with E-state index >= 15 is 0 Å². The van der Waals surface area contributed by atoms with Crippen LogP contribution in [0.1, 0.15) is 0 Å². The molecule has 0 spiro atoms. The number of thiol groups is 1. The normalized spacial score (nSPS) is 10.7. The molecule has 0 aliphatic carbocycles. The molecule has 0 aliphatic rings. The molecule has 0 saturated carbocycles. The molecule has 4 heteroatoms. The first-order valence-electron chi connectivity index (χ1n) is 3.10. The molecular weight excluding hydrogens is 224 g/mol. The Labute approximate surface area is 77.9 Å². The van der Waals surface area contributed by atoms with Crippen LogP contribution in [0, 0.1) is 0 Å². The summed E-state index contributed by atoms with van der Waals surface area (Å²) < 4.78 is 2.51. The fraction of sp³-hybridized carbons (Fsp3) is 0. The zero-order valence-electron chi connectivity index (χ0n) is 5.53. The molecule has 2 nitrogen and oxygen atoms in total. The summed E-state index contributed by atoms with van der Waals surface area (Å²) in [6.45, 7) is 0. The van der Waals surface area contributed by atoms with Crippen LogP contribution < -0.4 is 0 Å². The molecule has 0 atom stereocenters. The summed E-state index contributed by atoms with van der Waals surface area (Å²) in [5, 5.41) is 5.24. The van der Waals surface area contributed by atoms with Crippen molar-refractivity contribution in [2.24, 2.45) is 0 Å². The maximum absolute atomic E-state index is 4.15. The van der Waals surface area contributed by atoms with Crippen molar-refractivity contribution in [3.63, 3.8) is 0 Å². The second-order valence-electron chi connectivity index (χ2n) is 2.23. The lowest BCUT2D eigenvalue weighted by Gasteiger charge is -1.88. The van der Waals surface area contributed by atoms with Crippen LogP contribution >= 0.6 is 28.7 Å². The Bertz CT molecular complexity index is 396. The molecule has 0 N–H and O–H groups in total. The molecule has 0 amide bonds. The largest absolute Gasteiger partial charge is 0.216 e. The lowest BCUT2D eigenvalue weighted by Crippen LogP contribution is -1.76. The van der Waals surface area contributed by atoms with Gasteiger partial charge in [-0.2, -0.15) is 5.10 Å². The van der Waals surface area contributed by atoms with Gasteiger partial charge in [0.1, 0.15) is 5.52 Å². The van der Waals surface area contributed by atoms with Crippen molar-refractivity contribution in [2.45, 2.75) is 0 Å². The Kier molecular flexibility index (Phi) is 1.65. The second-order valence-corrected chi connectivity index (χ2v) is 3.49. The van der Waals surface area contributed by atoms with Crippen molar-refractivity contribution < 1.29 is 0 Å². The molecule has 0 bridgehead atoms. The van der Waals surface area contributed by atoms with Crippen molar-refractivity contribution in [2.75, 3.05) is 0 Å². The highest BCUT2D eigenvalue weighted by molar-refractivity contribution is 9.10. The fourth-order valence-corrected chi connectivity index (χ4v) is 1.67. The third kappa shape index (κ3) is 1.16. The van der Waals surface area contributed by atoms with Crippen LogP contribution in [0.4, 0.5) is 0 Å². The standard InChI is InChI=1S/C7H5BrN2S/c8-6-3-1-2-5-4-10(11)9-7(5)6/h1-4,11H. The van der Waals surface area contributed by atoms with Crippen LogP contribution in [0.3, 0.4) is 0 Å². The van der Waals surface area contributed by atoms with Gasteiger partial charge in [-0.3, -0.25) is 0 Å². The first-order valence-corrected chi connectivity index (χ1v) is 4.30. The van der Waals surface area contributed by atoms with Gasteiger partial charge in [0, 0.05) is 16.1 Å². The van der Waals surface area contributed by atoms with Gasteiger partial charge in [0.2, 0.25) is 0 Å². The molecule has 1 heterocycles. The minimum Gasteiger partial charge on any atom is -0.216 e. The molecule has 0 aliphatic heterocycles. The molecule has 11 heavy (non-hydrogen) atoms. The molecule has 1 aromatic carbocycles. The van der Waals surface area contributed by atoms with Crippen molar-refractivity contribution >= 4 is 39.6 Å². The third-order valence-corrected chi connectivity index (χ3v) is 2.32. The molecule has 2 rings (SSSR count). The summed E-state index contributed by atoms with van der Waals surface area (Å²) in [5.74, 6) is 0. The molecule has 0 unspecified atom stereocenters. The van der Waals surface area contributed by atoms with E-state index < -0.39 is 0 Å². The second kappa shape index (κ2) is 2.53. The van der Waals surface area contributed by atoms with Gasteiger partial charge in [0.15, 0.2) is 0 Å². The zero-order chi connectivity index (χ0) is 7.84. The molecule has 0 fully saturated rings. The van der Waals surface area contributed by atoms with E-state index in [0.717, 1.165) is 15.4 Å². The predicted octanol–water partition coefficient (Wildman–Crippen LogP) is 2.49. The molecule has 2 aromatic rings. The average Bonchev–Trinajstić information content (AvgIpc) is 2.31. The van der Waals surface area contributed by atoms with Crippen molar-refractivity contribution in [1.29, 1.82) is 0 Å². The van der Waals surface area contributed by atoms with Crippen molar-refractivity contribution in [1.82, 2.24) is 9.19 Å². The quantitative estimate of drug-likeness (QED) is 0.687. The van der Waals surface area contributed by atoms with Gasteiger partial charge in [-0.15, -0.1) is 0 Å². The first-order chi connectivity index (χ1) is 5.27. The lowest BCUT2D eigenvalue weighted by molar-refractivity contribution is 1.04. The van der Waals surface area contributed by atoms with Gasteiger partial charge in [0.25, 0.3) is 0 Å².